The Hall–Kier alpha value is -2.28. The first-order valence-electron chi connectivity index (χ1n) is 6.56. The number of nitrogens with zero attached hydrogens (tertiary/aromatic N) is 1. The van der Waals surface area contributed by atoms with Gasteiger partial charge in [-0.25, -0.2) is 4.98 Å². The largest absolute Gasteiger partial charge is 0.492 e. The van der Waals surface area contributed by atoms with Gasteiger partial charge in [-0.05, 0) is 18.2 Å². The topological polar surface area (TPSA) is 48.4 Å². The van der Waals surface area contributed by atoms with Gasteiger partial charge in [0, 0.05) is 18.6 Å². The quantitative estimate of drug-likeness (QED) is 0.753. The standard InChI is InChI=1S/C15H9ClF3NO3/c16-14-10(15(17,18)19)3-4-13(20-14)23-8-1-2-9-11(21)5-6-22-12(9)7-8/h1-4,7H,5-6H2. The second kappa shape index (κ2) is 5.73. The molecule has 120 valence electrons. The van der Waals surface area contributed by atoms with Crippen molar-refractivity contribution in [2.75, 3.05) is 6.61 Å². The van der Waals surface area contributed by atoms with Crippen molar-refractivity contribution < 1.29 is 27.4 Å². The third-order valence-corrected chi connectivity index (χ3v) is 3.48. The van der Waals surface area contributed by atoms with Crippen molar-refractivity contribution in [1.82, 2.24) is 4.98 Å². The number of fused-ring (bicyclic) bond motifs is 1. The van der Waals surface area contributed by atoms with Crippen LogP contribution in [-0.4, -0.2) is 17.4 Å². The van der Waals surface area contributed by atoms with Crippen LogP contribution in [0.5, 0.6) is 17.4 Å². The van der Waals surface area contributed by atoms with E-state index in [4.69, 9.17) is 21.1 Å². The number of Topliss-reactive ketones (excluding diaryl/α,β-unsaturated/α-hetero) is 1. The van der Waals surface area contributed by atoms with Gasteiger partial charge in [0.05, 0.1) is 17.7 Å². The number of ether oxygens (including phenoxy) is 2. The Balaban J connectivity index is 1.85. The molecule has 8 heteroatoms. The summed E-state index contributed by atoms with van der Waals surface area (Å²) >= 11 is 5.53. The van der Waals surface area contributed by atoms with Gasteiger partial charge in [0.15, 0.2) is 5.78 Å². The molecule has 0 amide bonds. The minimum Gasteiger partial charge on any atom is -0.492 e. The van der Waals surface area contributed by atoms with E-state index in [9.17, 15) is 18.0 Å². The molecule has 0 radical (unpaired) electrons. The first-order chi connectivity index (χ1) is 10.8. The number of halogens is 4. The van der Waals surface area contributed by atoms with Crippen LogP contribution in [0.25, 0.3) is 0 Å². The lowest BCUT2D eigenvalue weighted by atomic mass is 10.1. The number of aromatic nitrogens is 1. The first-order valence-corrected chi connectivity index (χ1v) is 6.94. The number of carbonyl (C=O) groups excluding carboxylic acids is 1. The molecule has 0 saturated heterocycles. The summed E-state index contributed by atoms with van der Waals surface area (Å²) in [6, 6.07) is 6.40. The lowest BCUT2D eigenvalue weighted by Crippen LogP contribution is -2.15. The van der Waals surface area contributed by atoms with Gasteiger partial charge in [-0.3, -0.25) is 4.79 Å². The highest BCUT2D eigenvalue weighted by Crippen LogP contribution is 2.36. The van der Waals surface area contributed by atoms with E-state index in [1.807, 2.05) is 0 Å². The van der Waals surface area contributed by atoms with Crippen LogP contribution in [0.3, 0.4) is 0 Å². The number of rotatable bonds is 2. The fourth-order valence-electron chi connectivity index (χ4n) is 2.11. The number of hydrogen-bond acceptors (Lipinski definition) is 4. The Morgan fingerprint density at radius 1 is 1.22 bits per heavy atom. The van der Waals surface area contributed by atoms with E-state index >= 15 is 0 Å². The van der Waals surface area contributed by atoms with Gasteiger partial charge in [0.1, 0.15) is 16.7 Å². The number of hydrogen-bond donors (Lipinski definition) is 0. The Labute approximate surface area is 133 Å². The van der Waals surface area contributed by atoms with Crippen LogP contribution in [0.4, 0.5) is 13.2 Å². The van der Waals surface area contributed by atoms with E-state index in [1.165, 1.54) is 18.2 Å². The molecule has 23 heavy (non-hydrogen) atoms. The van der Waals surface area contributed by atoms with Crippen molar-refractivity contribution in [3.05, 3.63) is 46.6 Å². The smallest absolute Gasteiger partial charge is 0.419 e. The van der Waals surface area contributed by atoms with Crippen molar-refractivity contribution in [1.29, 1.82) is 0 Å². The molecule has 0 bridgehead atoms. The third kappa shape index (κ3) is 3.24. The number of alkyl halides is 3. The highest BCUT2D eigenvalue weighted by Gasteiger charge is 2.34. The lowest BCUT2D eigenvalue weighted by Gasteiger charge is -2.17. The monoisotopic (exact) mass is 343 g/mol. The molecule has 0 fully saturated rings. The SMILES string of the molecule is O=C1CCOc2cc(Oc3ccc(C(F)(F)F)c(Cl)n3)ccc21. The zero-order valence-electron chi connectivity index (χ0n) is 11.5. The summed E-state index contributed by atoms with van der Waals surface area (Å²) in [5.74, 6) is 0.525. The molecular weight excluding hydrogens is 335 g/mol. The third-order valence-electron chi connectivity index (χ3n) is 3.19. The Kier molecular flexibility index (Phi) is 3.89. The molecule has 0 atom stereocenters. The summed E-state index contributed by atoms with van der Waals surface area (Å²) in [5.41, 5.74) is -0.590. The van der Waals surface area contributed by atoms with Gasteiger partial charge in [-0.1, -0.05) is 11.6 Å². The van der Waals surface area contributed by atoms with Crippen LogP contribution in [0, 0.1) is 0 Å². The van der Waals surface area contributed by atoms with Crippen molar-refractivity contribution >= 4 is 17.4 Å². The van der Waals surface area contributed by atoms with Gasteiger partial charge in [-0.15, -0.1) is 0 Å². The predicted molar refractivity (Wildman–Crippen MR) is 75.2 cm³/mol. The molecule has 3 rings (SSSR count). The molecule has 0 aliphatic carbocycles. The van der Waals surface area contributed by atoms with Crippen LogP contribution in [0.15, 0.2) is 30.3 Å². The molecule has 0 N–H and O–H groups in total. The zero-order chi connectivity index (χ0) is 16.6. The summed E-state index contributed by atoms with van der Waals surface area (Å²) in [7, 11) is 0. The van der Waals surface area contributed by atoms with E-state index in [0.717, 1.165) is 12.1 Å². The van der Waals surface area contributed by atoms with Gasteiger partial charge in [0.2, 0.25) is 5.88 Å². The maximum Gasteiger partial charge on any atom is 0.419 e. The van der Waals surface area contributed by atoms with Gasteiger partial charge < -0.3 is 9.47 Å². The first kappa shape index (κ1) is 15.6. The lowest BCUT2D eigenvalue weighted by molar-refractivity contribution is -0.137. The van der Waals surface area contributed by atoms with Crippen molar-refractivity contribution in [3.8, 4) is 17.4 Å². The molecule has 1 aliphatic rings. The van der Waals surface area contributed by atoms with E-state index in [2.05, 4.69) is 4.98 Å². The molecule has 1 aromatic carbocycles. The zero-order valence-corrected chi connectivity index (χ0v) is 12.2. The second-order valence-corrected chi connectivity index (χ2v) is 5.13. The van der Waals surface area contributed by atoms with Crippen molar-refractivity contribution in [2.24, 2.45) is 0 Å². The fraction of sp³-hybridized carbons (Fsp3) is 0.200. The molecule has 1 aliphatic heterocycles. The molecular formula is C15H9ClF3NO3. The summed E-state index contributed by atoms with van der Waals surface area (Å²) < 4.78 is 48.6. The average molecular weight is 344 g/mol. The molecule has 0 unspecified atom stereocenters. The van der Waals surface area contributed by atoms with E-state index < -0.39 is 16.9 Å². The summed E-state index contributed by atoms with van der Waals surface area (Å²) in [4.78, 5) is 15.3. The van der Waals surface area contributed by atoms with Crippen LogP contribution < -0.4 is 9.47 Å². The van der Waals surface area contributed by atoms with Gasteiger partial charge in [0.25, 0.3) is 0 Å². The number of pyridine rings is 1. The molecule has 2 heterocycles. The van der Waals surface area contributed by atoms with E-state index in [1.54, 1.807) is 0 Å². The van der Waals surface area contributed by atoms with Gasteiger partial charge >= 0.3 is 6.18 Å². The minimum absolute atomic E-state index is 0.0338. The summed E-state index contributed by atoms with van der Waals surface area (Å²) in [5, 5.41) is -0.695. The average Bonchev–Trinajstić information content (AvgIpc) is 2.46. The van der Waals surface area contributed by atoms with Crippen molar-refractivity contribution in [2.45, 2.75) is 12.6 Å². The van der Waals surface area contributed by atoms with E-state index in [0.29, 0.717) is 17.7 Å². The second-order valence-electron chi connectivity index (χ2n) is 4.77. The predicted octanol–water partition coefficient (Wildman–Crippen LogP) is 4.51. The molecule has 4 nitrogen and oxygen atoms in total. The molecule has 0 saturated carbocycles. The minimum atomic E-state index is -4.58. The maximum atomic E-state index is 12.6. The van der Waals surface area contributed by atoms with Crippen LogP contribution >= 0.6 is 11.6 Å². The Bertz CT molecular complexity index is 777. The molecule has 1 aromatic heterocycles. The summed E-state index contributed by atoms with van der Waals surface area (Å²) in [6.07, 6.45) is -4.27. The van der Waals surface area contributed by atoms with Crippen molar-refractivity contribution in [3.63, 3.8) is 0 Å². The Morgan fingerprint density at radius 2 is 2.00 bits per heavy atom. The van der Waals surface area contributed by atoms with Crippen LogP contribution in [0.2, 0.25) is 5.15 Å². The number of benzene rings is 1. The molecule has 0 spiro atoms. The summed E-state index contributed by atoms with van der Waals surface area (Å²) in [6.45, 7) is 0.277. The van der Waals surface area contributed by atoms with Crippen LogP contribution in [0.1, 0.15) is 22.3 Å². The normalized spacial score (nSPS) is 14.2. The van der Waals surface area contributed by atoms with Gasteiger partial charge in [-0.2, -0.15) is 13.2 Å². The fourth-order valence-corrected chi connectivity index (χ4v) is 2.36. The Morgan fingerprint density at radius 3 is 2.70 bits per heavy atom. The highest BCUT2D eigenvalue weighted by molar-refractivity contribution is 6.30. The number of ketones is 1. The number of carbonyl (C=O) groups is 1. The molecule has 2 aromatic rings. The van der Waals surface area contributed by atoms with Crippen LogP contribution in [-0.2, 0) is 6.18 Å². The van der Waals surface area contributed by atoms with E-state index in [-0.39, 0.29) is 24.0 Å². The highest BCUT2D eigenvalue weighted by atomic mass is 35.5. The maximum absolute atomic E-state index is 12.6.